The molecule has 2 N–H and O–H groups in total. The molecule has 0 unspecified atom stereocenters. The average molecular weight is 252 g/mol. The Morgan fingerprint density at radius 3 is 2.67 bits per heavy atom. The van der Waals surface area contributed by atoms with Gasteiger partial charge in [-0.15, -0.1) is 0 Å². The van der Waals surface area contributed by atoms with Crippen molar-refractivity contribution < 1.29 is 24.5 Å². The molecule has 3 aliphatic rings. The third-order valence-corrected chi connectivity index (χ3v) is 4.60. The van der Waals surface area contributed by atoms with Crippen molar-refractivity contribution in [2.45, 2.75) is 31.7 Å². The number of esters is 1. The van der Waals surface area contributed by atoms with Gasteiger partial charge < -0.3 is 14.9 Å². The highest BCUT2D eigenvalue weighted by atomic mass is 16.5. The number of aliphatic hydroxyl groups is 2. The van der Waals surface area contributed by atoms with Gasteiger partial charge in [0.05, 0.1) is 12.2 Å². The molecule has 0 aromatic carbocycles. The first-order chi connectivity index (χ1) is 8.50. The van der Waals surface area contributed by atoms with E-state index in [0.29, 0.717) is 6.42 Å². The van der Waals surface area contributed by atoms with Gasteiger partial charge in [-0.2, -0.15) is 0 Å². The van der Waals surface area contributed by atoms with Crippen LogP contribution in [-0.2, 0) is 14.3 Å². The van der Waals surface area contributed by atoms with Gasteiger partial charge in [-0.1, -0.05) is 0 Å². The maximum absolute atomic E-state index is 11.9. The SMILES string of the molecule is CC(=O)O[C@@H]1C=CC(=O)[C@@H]2[C@H]3C[C@H]([C@H](O)[C@@H]3O)[C@@H]21. The van der Waals surface area contributed by atoms with E-state index >= 15 is 0 Å². The molecule has 3 aliphatic carbocycles. The highest BCUT2D eigenvalue weighted by molar-refractivity contribution is 5.94. The van der Waals surface area contributed by atoms with Crippen LogP contribution in [0, 0.1) is 23.7 Å². The van der Waals surface area contributed by atoms with Gasteiger partial charge in [-0.3, -0.25) is 9.59 Å². The standard InChI is InChI=1S/C13H16O5/c1-5(14)18-9-3-2-8(15)10-6-4-7(11(9)10)13(17)12(6)16/h2-3,6-7,9-13,16-17H,4H2,1H3/t6-,7+,9-,10+,11-,12-,13+/m1/s1. The number of ether oxygens (including phenoxy) is 1. The second-order valence-corrected chi connectivity index (χ2v) is 5.48. The Morgan fingerprint density at radius 2 is 2.00 bits per heavy atom. The summed E-state index contributed by atoms with van der Waals surface area (Å²) in [7, 11) is 0. The van der Waals surface area contributed by atoms with Crippen LogP contribution in [0.5, 0.6) is 0 Å². The van der Waals surface area contributed by atoms with Crippen LogP contribution < -0.4 is 0 Å². The molecule has 0 saturated heterocycles. The highest BCUT2D eigenvalue weighted by Crippen LogP contribution is 2.55. The first-order valence-corrected chi connectivity index (χ1v) is 6.26. The van der Waals surface area contributed by atoms with Gasteiger partial charge in [0.15, 0.2) is 5.78 Å². The third kappa shape index (κ3) is 1.47. The zero-order valence-electron chi connectivity index (χ0n) is 10.0. The number of allylic oxidation sites excluding steroid dienone is 1. The second kappa shape index (κ2) is 3.90. The molecule has 0 heterocycles. The first-order valence-electron chi connectivity index (χ1n) is 6.26. The van der Waals surface area contributed by atoms with Crippen molar-refractivity contribution in [3.05, 3.63) is 12.2 Å². The Morgan fingerprint density at radius 1 is 1.33 bits per heavy atom. The summed E-state index contributed by atoms with van der Waals surface area (Å²) in [5, 5.41) is 19.8. The van der Waals surface area contributed by atoms with Crippen molar-refractivity contribution >= 4 is 11.8 Å². The molecule has 0 aliphatic heterocycles. The predicted octanol–water partition coefficient (Wildman–Crippen LogP) is -0.339. The minimum atomic E-state index is -0.829. The zero-order valence-corrected chi connectivity index (χ0v) is 10.0. The maximum atomic E-state index is 11.9. The van der Waals surface area contributed by atoms with Gasteiger partial charge >= 0.3 is 5.97 Å². The third-order valence-electron chi connectivity index (χ3n) is 4.60. The van der Waals surface area contributed by atoms with Crippen molar-refractivity contribution in [2.75, 3.05) is 0 Å². The number of carbonyl (C=O) groups excluding carboxylic acids is 2. The Kier molecular flexibility index (Phi) is 2.57. The van der Waals surface area contributed by atoms with Crippen molar-refractivity contribution in [2.24, 2.45) is 23.7 Å². The van der Waals surface area contributed by atoms with Crippen molar-refractivity contribution in [3.63, 3.8) is 0 Å². The molecule has 7 atom stereocenters. The summed E-state index contributed by atoms with van der Waals surface area (Å²) in [5.41, 5.74) is 0. The minimum Gasteiger partial charge on any atom is -0.458 e. The fourth-order valence-corrected chi connectivity index (χ4v) is 3.98. The normalized spacial score (nSPS) is 49.3. The lowest BCUT2D eigenvalue weighted by molar-refractivity contribution is -0.155. The number of ketones is 1. The number of fused-ring (bicyclic) bond motifs is 5. The summed E-state index contributed by atoms with van der Waals surface area (Å²) in [6.07, 6.45) is 1.57. The lowest BCUT2D eigenvalue weighted by atomic mass is 9.69. The lowest BCUT2D eigenvalue weighted by Crippen LogP contribution is -2.50. The topological polar surface area (TPSA) is 83.8 Å². The van der Waals surface area contributed by atoms with E-state index in [2.05, 4.69) is 0 Å². The van der Waals surface area contributed by atoms with Crippen molar-refractivity contribution in [1.29, 1.82) is 0 Å². The lowest BCUT2D eigenvalue weighted by Gasteiger charge is -2.40. The molecule has 0 spiro atoms. The maximum Gasteiger partial charge on any atom is 0.303 e. The first kappa shape index (κ1) is 11.9. The van der Waals surface area contributed by atoms with Crippen LogP contribution in [0.1, 0.15) is 13.3 Å². The molecule has 3 rings (SSSR count). The Balaban J connectivity index is 1.93. The monoisotopic (exact) mass is 252 g/mol. The molecule has 18 heavy (non-hydrogen) atoms. The number of rotatable bonds is 1. The molecule has 2 fully saturated rings. The average Bonchev–Trinajstić information content (AvgIpc) is 2.82. The second-order valence-electron chi connectivity index (χ2n) is 5.48. The van der Waals surface area contributed by atoms with Crippen LogP contribution in [0.3, 0.4) is 0 Å². The van der Waals surface area contributed by atoms with Gasteiger partial charge in [0.2, 0.25) is 0 Å². The van der Waals surface area contributed by atoms with E-state index in [1.54, 1.807) is 6.08 Å². The van der Waals surface area contributed by atoms with Crippen LogP contribution >= 0.6 is 0 Å². The van der Waals surface area contributed by atoms with Crippen LogP contribution in [0.2, 0.25) is 0 Å². The van der Waals surface area contributed by atoms with E-state index in [4.69, 9.17) is 4.74 Å². The molecule has 0 aromatic heterocycles. The van der Waals surface area contributed by atoms with Crippen molar-refractivity contribution in [1.82, 2.24) is 0 Å². The summed E-state index contributed by atoms with van der Waals surface area (Å²) < 4.78 is 5.22. The number of hydrogen-bond donors (Lipinski definition) is 2. The van der Waals surface area contributed by atoms with E-state index in [9.17, 15) is 19.8 Å². The van der Waals surface area contributed by atoms with Gasteiger partial charge in [0.1, 0.15) is 6.10 Å². The zero-order chi connectivity index (χ0) is 13.0. The summed E-state index contributed by atoms with van der Waals surface area (Å²) in [6.45, 7) is 1.33. The highest BCUT2D eigenvalue weighted by Gasteiger charge is 2.62. The number of aliphatic hydroxyl groups excluding tert-OH is 2. The van der Waals surface area contributed by atoms with Gasteiger partial charge in [0, 0.05) is 18.8 Å². The molecular formula is C13H16O5. The van der Waals surface area contributed by atoms with Gasteiger partial charge in [0.25, 0.3) is 0 Å². The van der Waals surface area contributed by atoms with E-state index < -0.39 is 24.3 Å². The van der Waals surface area contributed by atoms with Gasteiger partial charge in [-0.05, 0) is 30.4 Å². The molecule has 5 heteroatoms. The summed E-state index contributed by atoms with van der Waals surface area (Å²) >= 11 is 0. The Labute approximate surface area is 104 Å². The molecule has 2 saturated carbocycles. The van der Waals surface area contributed by atoms with Crippen LogP contribution in [0.15, 0.2) is 12.2 Å². The molecule has 0 amide bonds. The Hall–Kier alpha value is -1.20. The molecule has 0 radical (unpaired) electrons. The fourth-order valence-electron chi connectivity index (χ4n) is 3.98. The van der Waals surface area contributed by atoms with Crippen molar-refractivity contribution in [3.8, 4) is 0 Å². The molecular weight excluding hydrogens is 236 g/mol. The van der Waals surface area contributed by atoms with E-state index in [-0.39, 0.29) is 29.5 Å². The number of hydrogen-bond acceptors (Lipinski definition) is 5. The Bertz CT molecular complexity index is 429. The molecule has 0 aromatic rings. The minimum absolute atomic E-state index is 0.0261. The van der Waals surface area contributed by atoms with Crippen LogP contribution in [0.25, 0.3) is 0 Å². The van der Waals surface area contributed by atoms with E-state index in [1.165, 1.54) is 13.0 Å². The summed E-state index contributed by atoms with van der Waals surface area (Å²) in [4.78, 5) is 23.0. The predicted molar refractivity (Wildman–Crippen MR) is 60.3 cm³/mol. The quantitative estimate of drug-likeness (QED) is 0.624. The largest absolute Gasteiger partial charge is 0.458 e. The van der Waals surface area contributed by atoms with E-state index in [1.807, 2.05) is 0 Å². The molecule has 5 nitrogen and oxygen atoms in total. The smallest absolute Gasteiger partial charge is 0.303 e. The summed E-state index contributed by atoms with van der Waals surface area (Å²) in [6, 6.07) is 0. The fraction of sp³-hybridized carbons (Fsp3) is 0.692. The van der Waals surface area contributed by atoms with Gasteiger partial charge in [-0.25, -0.2) is 0 Å². The molecule has 2 bridgehead atoms. The van der Waals surface area contributed by atoms with Crippen LogP contribution in [0.4, 0.5) is 0 Å². The molecule has 98 valence electrons. The van der Waals surface area contributed by atoms with Crippen LogP contribution in [-0.4, -0.2) is 40.3 Å². The summed E-state index contributed by atoms with van der Waals surface area (Å²) in [5.74, 6) is -1.28. The van der Waals surface area contributed by atoms with E-state index in [0.717, 1.165) is 0 Å². The number of carbonyl (C=O) groups is 2.